The van der Waals surface area contributed by atoms with Crippen LogP contribution in [0.5, 0.6) is 5.75 Å². The Labute approximate surface area is 129 Å². The Kier molecular flexibility index (Phi) is 4.14. The van der Waals surface area contributed by atoms with Gasteiger partial charge in [-0.1, -0.05) is 0 Å². The maximum Gasteiger partial charge on any atom is 0.219 e. The Balaban J connectivity index is 2.73. The maximum atomic E-state index is 11.4. The molecule has 0 bridgehead atoms. The van der Waals surface area contributed by atoms with Crippen LogP contribution in [0, 0.1) is 0 Å². The maximum absolute atomic E-state index is 11.4. The van der Waals surface area contributed by atoms with E-state index < -0.39 is 5.54 Å². The van der Waals surface area contributed by atoms with Gasteiger partial charge >= 0.3 is 0 Å². The minimum atomic E-state index is -0.522. The van der Waals surface area contributed by atoms with Crippen LogP contribution in [0.15, 0.2) is 18.2 Å². The summed E-state index contributed by atoms with van der Waals surface area (Å²) in [5.41, 5.74) is 6.55. The van der Waals surface area contributed by atoms with Gasteiger partial charge in [-0.3, -0.25) is 4.79 Å². The van der Waals surface area contributed by atoms with Crippen molar-refractivity contribution in [3.63, 3.8) is 0 Å². The number of fused-ring (bicyclic) bond motifs is 1. The third-order valence-electron chi connectivity index (χ3n) is 3.46. The van der Waals surface area contributed by atoms with Gasteiger partial charge in [0.05, 0.1) is 23.5 Å². The Bertz CT molecular complexity index is 677. The minimum Gasteiger partial charge on any atom is -0.497 e. The van der Waals surface area contributed by atoms with Crippen LogP contribution in [0.2, 0.25) is 0 Å². The molecule has 0 saturated carbocycles. The topological polar surface area (TPSA) is 70.1 Å². The zero-order chi connectivity index (χ0) is 15.8. The van der Waals surface area contributed by atoms with E-state index in [4.69, 9.17) is 22.1 Å². The van der Waals surface area contributed by atoms with Gasteiger partial charge in [-0.15, -0.1) is 11.6 Å². The van der Waals surface area contributed by atoms with Gasteiger partial charge < -0.3 is 15.0 Å². The molecule has 0 aliphatic rings. The first-order valence-electron chi connectivity index (χ1n) is 6.75. The molecule has 1 aromatic heterocycles. The number of alkyl halides is 1. The van der Waals surface area contributed by atoms with Crippen LogP contribution in [0.4, 0.5) is 0 Å². The first-order valence-corrected chi connectivity index (χ1v) is 7.19. The number of aromatic nitrogens is 2. The molecule has 0 radical (unpaired) electrons. The lowest BCUT2D eigenvalue weighted by atomic mass is 9.99. The molecule has 1 unspecified atom stereocenters. The lowest BCUT2D eigenvalue weighted by Crippen LogP contribution is -2.33. The number of rotatable bonds is 5. The monoisotopic (exact) mass is 309 g/mol. The fourth-order valence-electron chi connectivity index (χ4n) is 2.61. The molecule has 1 aromatic carbocycles. The van der Waals surface area contributed by atoms with E-state index in [9.17, 15) is 4.79 Å². The number of carbonyl (C=O) groups excluding carboxylic acids is 1. The van der Waals surface area contributed by atoms with Crippen LogP contribution in [0.25, 0.3) is 11.0 Å². The van der Waals surface area contributed by atoms with Gasteiger partial charge in [-0.25, -0.2) is 4.98 Å². The predicted molar refractivity (Wildman–Crippen MR) is 83.7 cm³/mol. The second kappa shape index (κ2) is 5.56. The highest BCUT2D eigenvalue weighted by Crippen LogP contribution is 2.34. The summed E-state index contributed by atoms with van der Waals surface area (Å²) >= 11 is 6.27. The molecule has 21 heavy (non-hydrogen) atoms. The molecule has 1 amide bonds. The summed E-state index contributed by atoms with van der Waals surface area (Å²) in [6.45, 7) is 5.75. The second-order valence-corrected chi connectivity index (χ2v) is 6.39. The SMILES string of the molecule is COc1ccc2nc(C(C)Cl)n(C(C)(C)CC(N)=O)c2c1. The van der Waals surface area contributed by atoms with E-state index in [1.54, 1.807) is 7.11 Å². The summed E-state index contributed by atoms with van der Waals surface area (Å²) < 4.78 is 7.25. The van der Waals surface area contributed by atoms with E-state index in [0.717, 1.165) is 16.8 Å². The summed E-state index contributed by atoms with van der Waals surface area (Å²) in [5.74, 6) is 1.08. The Morgan fingerprint density at radius 3 is 2.71 bits per heavy atom. The van der Waals surface area contributed by atoms with Crippen molar-refractivity contribution >= 4 is 28.5 Å². The third kappa shape index (κ3) is 2.97. The second-order valence-electron chi connectivity index (χ2n) is 5.73. The van der Waals surface area contributed by atoms with Crippen molar-refractivity contribution in [1.29, 1.82) is 0 Å². The number of nitrogens with zero attached hydrogens (tertiary/aromatic N) is 2. The van der Waals surface area contributed by atoms with Gasteiger partial charge in [0.1, 0.15) is 11.6 Å². The average Bonchev–Trinajstić information content (AvgIpc) is 2.76. The highest BCUT2D eigenvalue weighted by atomic mass is 35.5. The average molecular weight is 310 g/mol. The van der Waals surface area contributed by atoms with Crippen LogP contribution in [0.3, 0.4) is 0 Å². The number of amides is 1. The molecular formula is C15H20ClN3O2. The number of ether oxygens (including phenoxy) is 1. The lowest BCUT2D eigenvalue weighted by Gasteiger charge is -2.29. The van der Waals surface area contributed by atoms with Crippen LogP contribution in [-0.2, 0) is 10.3 Å². The first-order chi connectivity index (χ1) is 9.76. The normalized spacial score (nSPS) is 13.4. The number of methoxy groups -OCH3 is 1. The van der Waals surface area contributed by atoms with Crippen molar-refractivity contribution in [2.75, 3.05) is 7.11 Å². The van der Waals surface area contributed by atoms with Gasteiger partial charge in [0, 0.05) is 18.0 Å². The van der Waals surface area contributed by atoms with Gasteiger partial charge in [0.15, 0.2) is 0 Å². The molecule has 0 spiro atoms. The van der Waals surface area contributed by atoms with E-state index in [1.807, 2.05) is 43.5 Å². The summed E-state index contributed by atoms with van der Waals surface area (Å²) in [6, 6.07) is 5.63. The summed E-state index contributed by atoms with van der Waals surface area (Å²) in [4.78, 5) is 16.0. The van der Waals surface area contributed by atoms with E-state index in [1.165, 1.54) is 0 Å². The van der Waals surface area contributed by atoms with E-state index in [0.29, 0.717) is 5.82 Å². The van der Waals surface area contributed by atoms with Crippen molar-refractivity contribution in [3.8, 4) is 5.75 Å². The minimum absolute atomic E-state index is 0.201. The standard InChI is InChI=1S/C15H20ClN3O2/c1-9(16)14-18-11-6-5-10(21-4)7-12(11)19(14)15(2,3)8-13(17)20/h5-7,9H,8H2,1-4H3,(H2,17,20). The molecule has 0 saturated heterocycles. The number of primary amides is 1. The van der Waals surface area contributed by atoms with Crippen LogP contribution >= 0.6 is 11.6 Å². The molecular weight excluding hydrogens is 290 g/mol. The van der Waals surface area contributed by atoms with E-state index in [-0.39, 0.29) is 17.7 Å². The molecule has 0 aliphatic heterocycles. The van der Waals surface area contributed by atoms with E-state index >= 15 is 0 Å². The quantitative estimate of drug-likeness (QED) is 0.863. The van der Waals surface area contributed by atoms with Gasteiger partial charge in [-0.05, 0) is 32.9 Å². The van der Waals surface area contributed by atoms with Crippen molar-refractivity contribution in [1.82, 2.24) is 9.55 Å². The third-order valence-corrected chi connectivity index (χ3v) is 3.65. The van der Waals surface area contributed by atoms with Crippen molar-refractivity contribution in [3.05, 3.63) is 24.0 Å². The van der Waals surface area contributed by atoms with Crippen LogP contribution in [0.1, 0.15) is 38.4 Å². The number of nitrogens with two attached hydrogens (primary N) is 1. The highest BCUT2D eigenvalue weighted by Gasteiger charge is 2.29. The molecule has 5 nitrogen and oxygen atoms in total. The molecule has 1 heterocycles. The zero-order valence-electron chi connectivity index (χ0n) is 12.7. The highest BCUT2D eigenvalue weighted by molar-refractivity contribution is 6.20. The van der Waals surface area contributed by atoms with Crippen molar-refractivity contribution < 1.29 is 9.53 Å². The number of halogens is 1. The predicted octanol–water partition coefficient (Wildman–Crippen LogP) is 2.96. The summed E-state index contributed by atoms with van der Waals surface area (Å²) in [5, 5.41) is -0.282. The summed E-state index contributed by atoms with van der Waals surface area (Å²) in [6.07, 6.45) is 0.201. The van der Waals surface area contributed by atoms with Gasteiger partial charge in [-0.2, -0.15) is 0 Å². The largest absolute Gasteiger partial charge is 0.497 e. The summed E-state index contributed by atoms with van der Waals surface area (Å²) in [7, 11) is 1.61. The smallest absolute Gasteiger partial charge is 0.219 e. The fraction of sp³-hybridized carbons (Fsp3) is 0.467. The molecule has 2 aromatic rings. The van der Waals surface area contributed by atoms with Gasteiger partial charge in [0.2, 0.25) is 5.91 Å². The molecule has 114 valence electrons. The van der Waals surface area contributed by atoms with Crippen molar-refractivity contribution in [2.45, 2.75) is 38.1 Å². The molecule has 6 heteroatoms. The molecule has 0 fully saturated rings. The van der Waals surface area contributed by atoms with Crippen molar-refractivity contribution in [2.24, 2.45) is 5.73 Å². The molecule has 1 atom stereocenters. The Hall–Kier alpha value is -1.75. The van der Waals surface area contributed by atoms with Crippen LogP contribution < -0.4 is 10.5 Å². The van der Waals surface area contributed by atoms with E-state index in [2.05, 4.69) is 4.98 Å². The number of hydrogen-bond donors (Lipinski definition) is 1. The lowest BCUT2D eigenvalue weighted by molar-refractivity contribution is -0.119. The number of hydrogen-bond acceptors (Lipinski definition) is 3. The van der Waals surface area contributed by atoms with Gasteiger partial charge in [0.25, 0.3) is 0 Å². The number of imidazole rings is 1. The Morgan fingerprint density at radius 2 is 2.19 bits per heavy atom. The number of benzene rings is 1. The van der Waals surface area contributed by atoms with Crippen LogP contribution in [-0.4, -0.2) is 22.6 Å². The molecule has 0 aliphatic carbocycles. The first kappa shape index (κ1) is 15.6. The molecule has 2 N–H and O–H groups in total. The Morgan fingerprint density at radius 1 is 1.52 bits per heavy atom. The zero-order valence-corrected chi connectivity index (χ0v) is 13.4. The molecule has 2 rings (SSSR count). The fourth-order valence-corrected chi connectivity index (χ4v) is 2.76. The number of carbonyl (C=O) groups is 1.